The molecule has 0 heterocycles. The number of hydrogen-bond donors (Lipinski definition) is 1. The van der Waals surface area contributed by atoms with Crippen molar-refractivity contribution in [3.05, 3.63) is 0 Å². The molecule has 0 aliphatic heterocycles. The van der Waals surface area contributed by atoms with E-state index in [1.165, 1.54) is 51.4 Å². The van der Waals surface area contributed by atoms with Crippen molar-refractivity contribution in [3.8, 4) is 0 Å². The Labute approximate surface area is 114 Å². The van der Waals surface area contributed by atoms with Gasteiger partial charge in [0.1, 0.15) is 0 Å². The lowest BCUT2D eigenvalue weighted by Crippen LogP contribution is -2.33. The Morgan fingerprint density at radius 1 is 0.889 bits per heavy atom. The molecule has 0 aliphatic rings. The Bertz CT molecular complexity index is 201. The Morgan fingerprint density at radius 2 is 1.33 bits per heavy atom. The van der Waals surface area contributed by atoms with Gasteiger partial charge in [-0.05, 0) is 12.8 Å². The fourth-order valence-corrected chi connectivity index (χ4v) is 2.53. The van der Waals surface area contributed by atoms with E-state index < -0.39 is 0 Å². The van der Waals surface area contributed by atoms with Gasteiger partial charge >= 0.3 is 0 Å². The number of rotatable bonds is 12. The van der Waals surface area contributed by atoms with Crippen LogP contribution >= 0.6 is 0 Å². The Kier molecular flexibility index (Phi) is 10.3. The maximum atomic E-state index is 12.0. The van der Waals surface area contributed by atoms with Crippen LogP contribution in [0.2, 0.25) is 0 Å². The fourth-order valence-electron chi connectivity index (χ4n) is 2.53. The van der Waals surface area contributed by atoms with E-state index >= 15 is 0 Å². The number of unbranched alkanes of at least 4 members (excludes halogenated alkanes) is 6. The third kappa shape index (κ3) is 7.15. The van der Waals surface area contributed by atoms with Gasteiger partial charge in [0.2, 0.25) is 0 Å². The SMILES string of the molecule is CCCCCCC(C)(CCCCCC)C(=O)CN. The van der Waals surface area contributed by atoms with Crippen LogP contribution < -0.4 is 5.73 Å². The fraction of sp³-hybridized carbons (Fsp3) is 0.938. The van der Waals surface area contributed by atoms with Crippen molar-refractivity contribution in [3.63, 3.8) is 0 Å². The molecule has 0 saturated carbocycles. The van der Waals surface area contributed by atoms with Crippen molar-refractivity contribution in [2.24, 2.45) is 11.1 Å². The zero-order valence-corrected chi connectivity index (χ0v) is 12.8. The largest absolute Gasteiger partial charge is 0.324 e. The molecule has 0 spiro atoms. The monoisotopic (exact) mass is 255 g/mol. The van der Waals surface area contributed by atoms with Crippen LogP contribution in [0.25, 0.3) is 0 Å². The zero-order chi connectivity index (χ0) is 13.9. The first-order chi connectivity index (χ1) is 8.60. The lowest BCUT2D eigenvalue weighted by Gasteiger charge is -2.28. The second-order valence-corrected chi connectivity index (χ2v) is 5.81. The first kappa shape index (κ1) is 17.6. The third-order valence-electron chi connectivity index (χ3n) is 4.02. The highest BCUT2D eigenvalue weighted by Gasteiger charge is 2.30. The summed E-state index contributed by atoms with van der Waals surface area (Å²) >= 11 is 0. The van der Waals surface area contributed by atoms with E-state index in [1.54, 1.807) is 0 Å². The summed E-state index contributed by atoms with van der Waals surface area (Å²) in [6.07, 6.45) is 11.9. The molecular weight excluding hydrogens is 222 g/mol. The molecule has 0 atom stereocenters. The van der Waals surface area contributed by atoms with Gasteiger partial charge in [-0.1, -0.05) is 72.1 Å². The molecule has 18 heavy (non-hydrogen) atoms. The summed E-state index contributed by atoms with van der Waals surface area (Å²) < 4.78 is 0. The normalized spacial score (nSPS) is 11.8. The zero-order valence-electron chi connectivity index (χ0n) is 12.8. The summed E-state index contributed by atoms with van der Waals surface area (Å²) in [4.78, 5) is 12.0. The number of carbonyl (C=O) groups is 1. The van der Waals surface area contributed by atoms with E-state index in [9.17, 15) is 4.79 Å². The molecule has 0 aliphatic carbocycles. The van der Waals surface area contributed by atoms with E-state index in [2.05, 4.69) is 20.8 Å². The predicted octanol–water partition coefficient (Wildman–Crippen LogP) is 4.46. The third-order valence-corrected chi connectivity index (χ3v) is 4.02. The van der Waals surface area contributed by atoms with Crippen molar-refractivity contribution >= 4 is 5.78 Å². The van der Waals surface area contributed by atoms with Crippen LogP contribution in [0, 0.1) is 5.41 Å². The van der Waals surface area contributed by atoms with E-state index in [0.717, 1.165) is 12.8 Å². The topological polar surface area (TPSA) is 43.1 Å². The molecule has 0 aromatic rings. The number of ketones is 1. The molecule has 108 valence electrons. The Hall–Kier alpha value is -0.370. The summed E-state index contributed by atoms with van der Waals surface area (Å²) in [5.41, 5.74) is 5.41. The first-order valence-electron chi connectivity index (χ1n) is 7.84. The van der Waals surface area contributed by atoms with Gasteiger partial charge in [0.25, 0.3) is 0 Å². The van der Waals surface area contributed by atoms with Gasteiger partial charge in [-0.15, -0.1) is 0 Å². The number of Topliss-reactive ketones (excluding diaryl/α,β-unsaturated/α-hetero) is 1. The van der Waals surface area contributed by atoms with Crippen molar-refractivity contribution in [1.29, 1.82) is 0 Å². The maximum absolute atomic E-state index is 12.0. The minimum atomic E-state index is -0.157. The van der Waals surface area contributed by atoms with E-state index in [-0.39, 0.29) is 17.7 Å². The molecule has 0 fully saturated rings. The predicted molar refractivity (Wildman–Crippen MR) is 79.7 cm³/mol. The minimum Gasteiger partial charge on any atom is -0.324 e. The average molecular weight is 255 g/mol. The molecule has 2 N–H and O–H groups in total. The number of nitrogens with two attached hydrogens (primary N) is 1. The van der Waals surface area contributed by atoms with E-state index in [4.69, 9.17) is 5.73 Å². The molecule has 0 bridgehead atoms. The Balaban J connectivity index is 4.12. The van der Waals surface area contributed by atoms with Crippen molar-refractivity contribution in [2.45, 2.75) is 85.0 Å². The second-order valence-electron chi connectivity index (χ2n) is 5.81. The summed E-state index contributed by atoms with van der Waals surface area (Å²) in [5.74, 6) is 0.260. The average Bonchev–Trinajstić information content (AvgIpc) is 2.39. The summed E-state index contributed by atoms with van der Waals surface area (Å²) in [6.45, 7) is 6.77. The highest BCUT2D eigenvalue weighted by molar-refractivity contribution is 5.86. The first-order valence-corrected chi connectivity index (χ1v) is 7.84. The number of carbonyl (C=O) groups excluding carboxylic acids is 1. The molecule has 2 nitrogen and oxygen atoms in total. The Morgan fingerprint density at radius 3 is 1.67 bits per heavy atom. The number of hydrogen-bond acceptors (Lipinski definition) is 2. The maximum Gasteiger partial charge on any atom is 0.152 e. The molecule has 0 radical (unpaired) electrons. The van der Waals surface area contributed by atoms with Gasteiger partial charge < -0.3 is 5.73 Å². The molecule has 0 unspecified atom stereocenters. The van der Waals surface area contributed by atoms with Crippen molar-refractivity contribution < 1.29 is 4.79 Å². The van der Waals surface area contributed by atoms with Crippen molar-refractivity contribution in [1.82, 2.24) is 0 Å². The summed E-state index contributed by atoms with van der Waals surface area (Å²) in [6, 6.07) is 0. The molecule has 0 saturated heterocycles. The van der Waals surface area contributed by atoms with Gasteiger partial charge in [0, 0.05) is 5.41 Å². The van der Waals surface area contributed by atoms with Gasteiger partial charge in [-0.25, -0.2) is 0 Å². The van der Waals surface area contributed by atoms with Crippen LogP contribution in [0.15, 0.2) is 0 Å². The molecule has 0 aromatic carbocycles. The van der Waals surface area contributed by atoms with Crippen LogP contribution in [-0.2, 0) is 4.79 Å². The van der Waals surface area contributed by atoms with Crippen molar-refractivity contribution in [2.75, 3.05) is 6.54 Å². The highest BCUT2D eigenvalue weighted by Crippen LogP contribution is 2.32. The summed E-state index contributed by atoms with van der Waals surface area (Å²) in [7, 11) is 0. The minimum absolute atomic E-state index is 0.157. The quantitative estimate of drug-likeness (QED) is 0.523. The molecule has 0 amide bonds. The van der Waals surface area contributed by atoms with Gasteiger partial charge in [-0.3, -0.25) is 4.79 Å². The van der Waals surface area contributed by atoms with Crippen LogP contribution in [-0.4, -0.2) is 12.3 Å². The second kappa shape index (κ2) is 10.5. The highest BCUT2D eigenvalue weighted by atomic mass is 16.1. The van der Waals surface area contributed by atoms with Crippen LogP contribution in [0.4, 0.5) is 0 Å². The van der Waals surface area contributed by atoms with E-state index in [0.29, 0.717) is 0 Å². The van der Waals surface area contributed by atoms with Gasteiger partial charge in [0.15, 0.2) is 5.78 Å². The summed E-state index contributed by atoms with van der Waals surface area (Å²) in [5, 5.41) is 0. The van der Waals surface area contributed by atoms with Crippen LogP contribution in [0.1, 0.15) is 85.0 Å². The van der Waals surface area contributed by atoms with Crippen LogP contribution in [0.5, 0.6) is 0 Å². The lowest BCUT2D eigenvalue weighted by molar-refractivity contribution is -0.127. The van der Waals surface area contributed by atoms with E-state index in [1.807, 2.05) is 0 Å². The van der Waals surface area contributed by atoms with Crippen LogP contribution in [0.3, 0.4) is 0 Å². The van der Waals surface area contributed by atoms with Gasteiger partial charge in [0.05, 0.1) is 6.54 Å². The molecular formula is C16H33NO. The molecule has 2 heteroatoms. The smallest absolute Gasteiger partial charge is 0.152 e. The lowest BCUT2D eigenvalue weighted by atomic mass is 9.76. The molecule has 0 rings (SSSR count). The standard InChI is InChI=1S/C16H33NO/c1-4-6-8-10-12-16(3,15(18)14-17)13-11-9-7-5-2/h4-14,17H2,1-3H3. The van der Waals surface area contributed by atoms with Gasteiger partial charge in [-0.2, -0.15) is 0 Å². The molecule has 0 aromatic heterocycles.